The van der Waals surface area contributed by atoms with Gasteiger partial charge in [0.1, 0.15) is 16.4 Å². The van der Waals surface area contributed by atoms with Crippen LogP contribution in [0.3, 0.4) is 0 Å². The van der Waals surface area contributed by atoms with Crippen molar-refractivity contribution in [2.45, 2.75) is 12.8 Å². The third-order valence-electron chi connectivity index (χ3n) is 3.31. The van der Waals surface area contributed by atoms with Crippen LogP contribution in [0.4, 0.5) is 0 Å². The predicted molar refractivity (Wildman–Crippen MR) is 72.9 cm³/mol. The van der Waals surface area contributed by atoms with Crippen LogP contribution in [-0.2, 0) is 7.05 Å². The molecule has 5 heteroatoms. The molecule has 5 nitrogen and oxygen atoms in total. The van der Waals surface area contributed by atoms with Gasteiger partial charge in [0, 0.05) is 30.6 Å². The summed E-state index contributed by atoms with van der Waals surface area (Å²) in [5, 5.41) is 4.05. The monoisotopic (exact) mass is 255 g/mol. The lowest BCUT2D eigenvalue weighted by Crippen LogP contribution is -2.18. The number of nitroso groups, excluding NO2 is 1. The predicted octanol–water partition coefficient (Wildman–Crippen LogP) is 2.36. The molecule has 1 aliphatic rings. The Morgan fingerprint density at radius 1 is 1.26 bits per heavy atom. The quantitative estimate of drug-likeness (QED) is 0.773. The number of benzene rings is 1. The number of hydrogen-bond acceptors (Lipinski definition) is 2. The summed E-state index contributed by atoms with van der Waals surface area (Å²) in [6.07, 6.45) is 3.46. The van der Waals surface area contributed by atoms with Gasteiger partial charge in [-0.2, -0.15) is 0 Å². The van der Waals surface area contributed by atoms with Crippen LogP contribution in [0.2, 0.25) is 0 Å². The maximum Gasteiger partial charge on any atom is 0.228 e. The van der Waals surface area contributed by atoms with Gasteiger partial charge in [-0.05, 0) is 0 Å². The molecule has 96 valence electrons. The van der Waals surface area contributed by atoms with Gasteiger partial charge in [0.15, 0.2) is 0 Å². The molecule has 0 spiro atoms. The van der Waals surface area contributed by atoms with Crippen LogP contribution in [0.25, 0.3) is 11.4 Å². The summed E-state index contributed by atoms with van der Waals surface area (Å²) in [4.78, 5) is 16.5. The van der Waals surface area contributed by atoms with E-state index in [0.29, 0.717) is 6.54 Å². The minimum atomic E-state index is 0.479. The fraction of sp³-hybridized carbons (Fsp3) is 0.286. The van der Waals surface area contributed by atoms with Crippen LogP contribution < -0.4 is 0 Å². The Balaban J connectivity index is 2.02. The molecule has 1 aromatic heterocycles. The van der Waals surface area contributed by atoms with E-state index in [1.165, 1.54) is 0 Å². The van der Waals surface area contributed by atoms with E-state index in [9.17, 15) is 4.91 Å². The highest BCUT2D eigenvalue weighted by atomic mass is 16.3. The summed E-state index contributed by atoms with van der Waals surface area (Å²) in [5.41, 5.74) is 2.80. The second-order valence-electron chi connectivity index (χ2n) is 4.62. The van der Waals surface area contributed by atoms with E-state index < -0.39 is 0 Å². The molecule has 0 saturated heterocycles. The first-order valence-corrected chi connectivity index (χ1v) is 6.35. The normalized spacial score (nSPS) is 15.4. The van der Waals surface area contributed by atoms with Crippen LogP contribution in [-0.4, -0.2) is 26.7 Å². The maximum atomic E-state index is 11.3. The number of imidazole rings is 1. The molecule has 0 N–H and O–H groups in total. The van der Waals surface area contributed by atoms with Gasteiger partial charge in [-0.3, -0.25) is 0 Å². The van der Waals surface area contributed by atoms with E-state index in [0.717, 1.165) is 40.5 Å². The molecule has 1 aliphatic heterocycles. The number of aromatic nitrogens is 2. The van der Waals surface area contributed by atoms with Crippen molar-refractivity contribution in [3.8, 4) is 11.4 Å². The van der Waals surface area contributed by atoms with Gasteiger partial charge in [-0.15, -0.1) is 0 Å². The van der Waals surface area contributed by atoms with Crippen LogP contribution in [0, 0.1) is 4.91 Å². The van der Waals surface area contributed by atoms with E-state index in [-0.39, 0.29) is 0 Å². The zero-order valence-electron chi connectivity index (χ0n) is 10.8. The van der Waals surface area contributed by atoms with Crippen molar-refractivity contribution >= 4 is 5.71 Å². The van der Waals surface area contributed by atoms with Crippen LogP contribution >= 0.6 is 0 Å². The largest absolute Gasteiger partial charge is 0.326 e. The topological polar surface area (TPSA) is 50.3 Å². The van der Waals surface area contributed by atoms with E-state index in [1.807, 2.05) is 41.9 Å². The van der Waals surface area contributed by atoms with Gasteiger partial charge in [-0.25, -0.2) is 4.98 Å². The first-order valence-electron chi connectivity index (χ1n) is 6.35. The smallest absolute Gasteiger partial charge is 0.228 e. The lowest BCUT2D eigenvalue weighted by molar-refractivity contribution is -0.557. The van der Waals surface area contributed by atoms with Crippen molar-refractivity contribution in [1.29, 1.82) is 0 Å². The van der Waals surface area contributed by atoms with Gasteiger partial charge >= 0.3 is 0 Å². The van der Waals surface area contributed by atoms with E-state index in [2.05, 4.69) is 10.1 Å². The van der Waals surface area contributed by atoms with Crippen LogP contribution in [0.15, 0.2) is 41.6 Å². The Morgan fingerprint density at radius 2 is 2.05 bits per heavy atom. The van der Waals surface area contributed by atoms with Crippen molar-refractivity contribution in [3.05, 3.63) is 47.1 Å². The minimum absolute atomic E-state index is 0.479. The number of hydrogen-bond donors (Lipinski definition) is 0. The van der Waals surface area contributed by atoms with Gasteiger partial charge in [0.05, 0.1) is 16.8 Å². The molecular weight excluding hydrogens is 240 g/mol. The molecule has 0 atom stereocenters. The third kappa shape index (κ3) is 2.19. The highest BCUT2D eigenvalue weighted by Crippen LogP contribution is 2.20. The molecular formula is C14H15N4O+. The second-order valence-corrected chi connectivity index (χ2v) is 4.62. The van der Waals surface area contributed by atoms with Crippen molar-refractivity contribution < 1.29 is 4.87 Å². The zero-order valence-corrected chi connectivity index (χ0v) is 10.8. The lowest BCUT2D eigenvalue weighted by atomic mass is 10.1. The summed E-state index contributed by atoms with van der Waals surface area (Å²) in [5.74, 6) is 0.890. The molecule has 3 rings (SSSR count). The molecule has 0 amide bonds. The summed E-state index contributed by atoms with van der Waals surface area (Å²) < 4.78 is 1.99. The number of nitrogens with zero attached hydrogens (tertiary/aromatic N) is 4. The molecule has 19 heavy (non-hydrogen) atoms. The Kier molecular flexibility index (Phi) is 2.95. The highest BCUT2D eigenvalue weighted by molar-refractivity contribution is 5.99. The van der Waals surface area contributed by atoms with Gasteiger partial charge in [0.25, 0.3) is 0 Å². The fourth-order valence-corrected chi connectivity index (χ4v) is 2.33. The molecule has 2 aromatic rings. The SMILES string of the molecule is Cn1c(C2=N[N+](=O)CCC2)cnc1-c1ccccc1. The van der Waals surface area contributed by atoms with Crippen molar-refractivity contribution in [1.82, 2.24) is 9.55 Å². The third-order valence-corrected chi connectivity index (χ3v) is 3.31. The number of rotatable bonds is 2. The van der Waals surface area contributed by atoms with E-state index in [4.69, 9.17) is 0 Å². The van der Waals surface area contributed by atoms with Crippen LogP contribution in [0.1, 0.15) is 18.5 Å². The molecule has 0 unspecified atom stereocenters. The molecule has 0 bridgehead atoms. The maximum absolute atomic E-state index is 11.3. The Labute approximate surface area is 111 Å². The van der Waals surface area contributed by atoms with Gasteiger partial charge in [0.2, 0.25) is 6.54 Å². The minimum Gasteiger partial charge on any atom is -0.326 e. The average molecular weight is 255 g/mol. The second kappa shape index (κ2) is 4.76. The molecule has 0 saturated carbocycles. The van der Waals surface area contributed by atoms with Crippen molar-refractivity contribution in [2.75, 3.05) is 6.54 Å². The Morgan fingerprint density at radius 3 is 2.79 bits per heavy atom. The lowest BCUT2D eigenvalue weighted by Gasteiger charge is -2.08. The molecule has 2 heterocycles. The molecule has 1 aromatic carbocycles. The standard InChI is InChI=1S/C14H15N4O/c1-17-13(12-8-5-9-18(19)16-12)10-15-14(17)11-6-3-2-4-7-11/h2-4,6-7,10H,5,8-9H2,1H3/q+1. The highest BCUT2D eigenvalue weighted by Gasteiger charge is 2.22. The fourth-order valence-electron chi connectivity index (χ4n) is 2.33. The first kappa shape index (κ1) is 11.8. The average Bonchev–Trinajstić information content (AvgIpc) is 2.81. The Bertz CT molecular complexity index is 643. The first-order chi connectivity index (χ1) is 9.25. The summed E-state index contributed by atoms with van der Waals surface area (Å²) in [6.45, 7) is 0.479. The van der Waals surface area contributed by atoms with Gasteiger partial charge < -0.3 is 4.57 Å². The number of hydrazone groups is 1. The molecule has 0 radical (unpaired) electrons. The summed E-state index contributed by atoms with van der Waals surface area (Å²) >= 11 is 0. The molecule has 0 aliphatic carbocycles. The summed E-state index contributed by atoms with van der Waals surface area (Å²) in [7, 11) is 1.96. The van der Waals surface area contributed by atoms with Gasteiger partial charge in [-0.1, -0.05) is 30.3 Å². The van der Waals surface area contributed by atoms with Crippen molar-refractivity contribution in [3.63, 3.8) is 0 Å². The van der Waals surface area contributed by atoms with Crippen molar-refractivity contribution in [2.24, 2.45) is 12.1 Å². The molecule has 0 fully saturated rings. The van der Waals surface area contributed by atoms with Crippen LogP contribution in [0.5, 0.6) is 0 Å². The Hall–Kier alpha value is -2.30. The van der Waals surface area contributed by atoms with E-state index in [1.54, 1.807) is 6.20 Å². The summed E-state index contributed by atoms with van der Waals surface area (Å²) in [6, 6.07) is 10.00. The zero-order chi connectivity index (χ0) is 13.2. The van der Waals surface area contributed by atoms with E-state index >= 15 is 0 Å².